The van der Waals surface area contributed by atoms with Gasteiger partial charge in [-0.2, -0.15) is 63.6 Å². The number of hydrogen-bond acceptors (Lipinski definition) is 24. The van der Waals surface area contributed by atoms with Gasteiger partial charge in [0.2, 0.25) is 35.7 Å². The van der Waals surface area contributed by atoms with Crippen LogP contribution in [0.15, 0.2) is 46.2 Å². The molecule has 0 radical (unpaired) electrons. The monoisotopic (exact) mass is 952 g/mol. The lowest BCUT2D eigenvalue weighted by molar-refractivity contribution is 0.105. The maximum atomic E-state index is 12.5. The topological polar surface area (TPSA) is 448 Å². The molecule has 0 aliphatic carbocycles. The predicted molar refractivity (Wildman–Crippen MR) is 221 cm³/mol. The van der Waals surface area contributed by atoms with Crippen LogP contribution in [-0.2, 0) is 40.5 Å². The van der Waals surface area contributed by atoms with Crippen LogP contribution in [0.1, 0.15) is 11.1 Å². The molecular formula is C30H40N12O16S4. The molecule has 0 fully saturated rings. The molecule has 0 bridgehead atoms. The Hall–Kier alpha value is -5.52. The second-order valence-electron chi connectivity index (χ2n) is 12.5. The van der Waals surface area contributed by atoms with Crippen molar-refractivity contribution < 1.29 is 72.3 Å². The molecule has 28 nitrogen and oxygen atoms in total. The highest BCUT2D eigenvalue weighted by atomic mass is 32.2. The molecule has 4 aromatic rings. The zero-order valence-electron chi connectivity index (χ0n) is 31.6. The lowest BCUT2D eigenvalue weighted by Gasteiger charge is -2.14. The van der Waals surface area contributed by atoms with Gasteiger partial charge < -0.3 is 52.3 Å². The van der Waals surface area contributed by atoms with Crippen molar-refractivity contribution in [2.24, 2.45) is 0 Å². The van der Waals surface area contributed by atoms with E-state index in [0.29, 0.717) is 0 Å². The van der Waals surface area contributed by atoms with Crippen LogP contribution in [-0.4, -0.2) is 165 Å². The molecule has 14 N–H and O–H groups in total. The number of hydrogen-bond donors (Lipinski definition) is 14. The van der Waals surface area contributed by atoms with Gasteiger partial charge in [0.1, 0.15) is 9.79 Å². The van der Waals surface area contributed by atoms with Gasteiger partial charge in [-0.3, -0.25) is 18.2 Å². The van der Waals surface area contributed by atoms with Gasteiger partial charge in [-0.25, -0.2) is 0 Å². The normalized spacial score (nSPS) is 13.4. The first-order valence-corrected chi connectivity index (χ1v) is 23.4. The smallest absolute Gasteiger partial charge is 0.295 e. The Morgan fingerprint density at radius 2 is 0.823 bits per heavy atom. The van der Waals surface area contributed by atoms with Crippen molar-refractivity contribution >= 4 is 99.7 Å². The van der Waals surface area contributed by atoms with Crippen molar-refractivity contribution in [2.45, 2.75) is 22.0 Å². The number of aliphatic hydroxyl groups excluding tert-OH is 4. The number of benzene rings is 2. The molecule has 340 valence electrons. The highest BCUT2D eigenvalue weighted by Crippen LogP contribution is 2.28. The molecule has 0 amide bonds. The van der Waals surface area contributed by atoms with Gasteiger partial charge >= 0.3 is 0 Å². The highest BCUT2D eigenvalue weighted by Gasteiger charge is 2.20. The van der Waals surface area contributed by atoms with E-state index in [2.05, 4.69) is 61.8 Å². The van der Waals surface area contributed by atoms with Crippen molar-refractivity contribution in [1.29, 1.82) is 0 Å². The Morgan fingerprint density at radius 3 is 1.13 bits per heavy atom. The van der Waals surface area contributed by atoms with Gasteiger partial charge in [-0.05, 0) is 35.4 Å². The first kappa shape index (κ1) is 49.1. The van der Waals surface area contributed by atoms with E-state index in [9.17, 15) is 53.0 Å². The van der Waals surface area contributed by atoms with Crippen molar-refractivity contribution in [3.8, 4) is 0 Å². The third-order valence-electron chi connectivity index (χ3n) is 7.51. The van der Waals surface area contributed by atoms with E-state index in [-0.39, 0.29) is 84.4 Å². The molecule has 0 aliphatic heterocycles. The Labute approximate surface area is 353 Å². The molecule has 2 heterocycles. The third-order valence-corrected chi connectivity index (χ3v) is 10.8. The number of anilines is 8. The van der Waals surface area contributed by atoms with E-state index in [1.54, 1.807) is 0 Å². The van der Waals surface area contributed by atoms with Crippen LogP contribution < -0.4 is 31.9 Å². The zero-order chi connectivity index (χ0) is 45.9. The van der Waals surface area contributed by atoms with Gasteiger partial charge in [0.05, 0.1) is 36.9 Å². The van der Waals surface area contributed by atoms with Crippen LogP contribution in [0.3, 0.4) is 0 Å². The summed E-state index contributed by atoms with van der Waals surface area (Å²) in [5.41, 5.74) is -0.456. The van der Waals surface area contributed by atoms with E-state index in [1.165, 1.54) is 24.3 Å². The van der Waals surface area contributed by atoms with Crippen LogP contribution in [0.2, 0.25) is 0 Å². The molecule has 0 saturated heterocycles. The number of aromatic nitrogens is 6. The molecule has 2 unspecified atom stereocenters. The quantitative estimate of drug-likeness (QED) is 0.0276. The zero-order valence-corrected chi connectivity index (χ0v) is 34.9. The fraction of sp³-hybridized carbons (Fsp3) is 0.333. The summed E-state index contributed by atoms with van der Waals surface area (Å²) in [7, 11) is -18.7. The van der Waals surface area contributed by atoms with Crippen LogP contribution in [0.4, 0.5) is 47.1 Å². The van der Waals surface area contributed by atoms with E-state index < -0.39 is 87.2 Å². The molecule has 0 spiro atoms. The SMILES string of the molecule is O=S(=O)(O)CCNc1nc(NCC(O)CO)nc(Nc2ccc(/C=C/c3ccc(Nc4nc(NCCS(=O)(=O)O)nc(NCC(O)CO)n4)cc3S(=O)(=O)O)c(S(=O)(=O)O)c2)n1. The first-order chi connectivity index (χ1) is 28.9. The second kappa shape index (κ2) is 21.0. The summed E-state index contributed by atoms with van der Waals surface area (Å²) in [6.45, 7) is -2.42. The van der Waals surface area contributed by atoms with E-state index in [4.69, 9.17) is 19.3 Å². The van der Waals surface area contributed by atoms with Gasteiger partial charge in [0.15, 0.2) is 0 Å². The molecule has 2 atom stereocenters. The van der Waals surface area contributed by atoms with E-state index >= 15 is 0 Å². The van der Waals surface area contributed by atoms with Gasteiger partial charge in [0, 0.05) is 37.6 Å². The van der Waals surface area contributed by atoms with Gasteiger partial charge in [-0.1, -0.05) is 24.3 Å². The Morgan fingerprint density at radius 1 is 0.500 bits per heavy atom. The van der Waals surface area contributed by atoms with Crippen LogP contribution in [0, 0.1) is 0 Å². The third kappa shape index (κ3) is 16.4. The number of rotatable bonds is 24. The molecule has 4 rings (SSSR count). The molecule has 32 heteroatoms. The largest absolute Gasteiger partial charge is 0.394 e. The Balaban J connectivity index is 1.64. The average molecular weight is 953 g/mol. The molecular weight excluding hydrogens is 913 g/mol. The van der Waals surface area contributed by atoms with Gasteiger partial charge in [-0.15, -0.1) is 0 Å². The summed E-state index contributed by atoms with van der Waals surface area (Å²) in [4.78, 5) is 22.8. The maximum absolute atomic E-state index is 12.5. The minimum Gasteiger partial charge on any atom is -0.394 e. The number of nitrogens with zero attached hydrogens (tertiary/aromatic N) is 6. The van der Waals surface area contributed by atoms with E-state index in [1.807, 2.05) is 0 Å². The van der Waals surface area contributed by atoms with Crippen molar-refractivity contribution in [3.05, 3.63) is 47.5 Å². The minimum absolute atomic E-state index is 0.0432. The predicted octanol–water partition coefficient (Wildman–Crippen LogP) is -1.66. The molecule has 0 aliphatic rings. The average Bonchev–Trinajstić information content (AvgIpc) is 3.17. The summed E-state index contributed by atoms with van der Waals surface area (Å²) in [5, 5.41) is 53.3. The molecule has 0 saturated carbocycles. The van der Waals surface area contributed by atoms with Crippen LogP contribution in [0.25, 0.3) is 12.2 Å². The summed E-state index contributed by atoms with van der Waals surface area (Å²) >= 11 is 0. The Kier molecular flexibility index (Phi) is 16.7. The fourth-order valence-corrected chi connectivity index (χ4v) is 6.83. The molecule has 2 aromatic carbocycles. The summed E-state index contributed by atoms with van der Waals surface area (Å²) < 4.78 is 133. The lowest BCUT2D eigenvalue weighted by Crippen LogP contribution is -2.24. The van der Waals surface area contributed by atoms with Crippen molar-refractivity contribution in [2.75, 3.05) is 82.8 Å². The van der Waals surface area contributed by atoms with Gasteiger partial charge in [0.25, 0.3) is 40.5 Å². The lowest BCUT2D eigenvalue weighted by atomic mass is 10.1. The van der Waals surface area contributed by atoms with Crippen LogP contribution in [0.5, 0.6) is 0 Å². The minimum atomic E-state index is -5.00. The summed E-state index contributed by atoms with van der Waals surface area (Å²) in [6.07, 6.45) is -0.250. The molecule has 62 heavy (non-hydrogen) atoms. The van der Waals surface area contributed by atoms with E-state index in [0.717, 1.165) is 24.3 Å². The summed E-state index contributed by atoms with van der Waals surface area (Å²) in [6, 6.07) is 6.91. The Bertz CT molecular complexity index is 2510. The fourth-order valence-electron chi connectivity index (χ4n) is 4.69. The van der Waals surface area contributed by atoms with Crippen molar-refractivity contribution in [3.63, 3.8) is 0 Å². The second-order valence-corrected chi connectivity index (χ2v) is 18.4. The standard InChI is InChI=1S/C30H40N12O16S4/c43-15-21(45)13-33-27-37-25(31-7-9-59(47,48)49)39-29(41-27)35-19-5-3-17(23(11-19)61(53,54)55)1-2-18-4-6-20(12-24(18)62(56,57)58)36-30-40-26(32-8-10-60(50,51)52)38-28(42-30)34-14-22(46)16-44/h1-6,11-12,21-22,43-46H,7-10,13-16H2,(H,47,48,49)(H,50,51,52)(H,53,54,55)(H,56,57,58)(H3,31,33,35,37,39,41)(H3,32,34,36,38,40,42)/b2-1+. The maximum Gasteiger partial charge on any atom is 0.295 e. The highest BCUT2D eigenvalue weighted by molar-refractivity contribution is 7.86. The molecule has 2 aromatic heterocycles. The summed E-state index contributed by atoms with van der Waals surface area (Å²) in [5.74, 6) is -2.88. The number of nitrogens with one attached hydrogen (secondary N) is 6. The number of aliphatic hydroxyl groups is 4. The van der Waals surface area contributed by atoms with Crippen LogP contribution >= 0.6 is 0 Å². The first-order valence-electron chi connectivity index (χ1n) is 17.3. The van der Waals surface area contributed by atoms with Crippen molar-refractivity contribution in [1.82, 2.24) is 29.9 Å².